The number of benzene rings is 2. The molecule has 1 aliphatic carbocycles. The SMILES string of the molecule is Cc1cc(C)c2c(c1)C1(CCN(Cc3ccc(C(=O)O)cc3)CC1)C2. The molecule has 130 valence electrons. The van der Waals surface area contributed by atoms with Crippen LogP contribution < -0.4 is 0 Å². The minimum Gasteiger partial charge on any atom is -0.478 e. The van der Waals surface area contributed by atoms with Crippen molar-refractivity contribution >= 4 is 5.97 Å². The van der Waals surface area contributed by atoms with Gasteiger partial charge in [0, 0.05) is 12.0 Å². The van der Waals surface area contributed by atoms with Gasteiger partial charge in [-0.3, -0.25) is 4.90 Å². The van der Waals surface area contributed by atoms with Crippen LogP contribution in [0.3, 0.4) is 0 Å². The maximum atomic E-state index is 11.0. The molecule has 4 rings (SSSR count). The van der Waals surface area contributed by atoms with Crippen LogP contribution in [0.4, 0.5) is 0 Å². The summed E-state index contributed by atoms with van der Waals surface area (Å²) < 4.78 is 0. The number of carboxylic acids is 1. The van der Waals surface area contributed by atoms with Crippen LogP contribution in [-0.2, 0) is 18.4 Å². The van der Waals surface area contributed by atoms with Gasteiger partial charge in [-0.15, -0.1) is 0 Å². The number of fused-ring (bicyclic) bond motifs is 2. The first kappa shape index (κ1) is 16.3. The van der Waals surface area contributed by atoms with Crippen LogP contribution in [-0.4, -0.2) is 29.1 Å². The van der Waals surface area contributed by atoms with E-state index in [4.69, 9.17) is 5.11 Å². The smallest absolute Gasteiger partial charge is 0.335 e. The number of aryl methyl sites for hydroxylation is 2. The van der Waals surface area contributed by atoms with E-state index in [0.29, 0.717) is 11.0 Å². The van der Waals surface area contributed by atoms with Crippen molar-refractivity contribution < 1.29 is 9.90 Å². The maximum absolute atomic E-state index is 11.0. The Bertz CT molecular complexity index is 815. The van der Waals surface area contributed by atoms with E-state index in [2.05, 4.69) is 30.9 Å². The number of carbonyl (C=O) groups is 1. The molecule has 2 aromatic carbocycles. The fourth-order valence-electron chi connectivity index (χ4n) is 4.63. The van der Waals surface area contributed by atoms with E-state index in [1.807, 2.05) is 12.1 Å². The molecule has 1 saturated heterocycles. The Balaban J connectivity index is 1.41. The third-order valence-corrected chi connectivity index (χ3v) is 6.12. The maximum Gasteiger partial charge on any atom is 0.335 e. The van der Waals surface area contributed by atoms with Crippen LogP contribution in [0.5, 0.6) is 0 Å². The predicted molar refractivity (Wildman–Crippen MR) is 99.2 cm³/mol. The summed E-state index contributed by atoms with van der Waals surface area (Å²) in [6.45, 7) is 7.60. The van der Waals surface area contributed by atoms with Crippen LogP contribution in [0.25, 0.3) is 0 Å². The molecular weight excluding hydrogens is 310 g/mol. The third kappa shape index (κ3) is 2.87. The van der Waals surface area contributed by atoms with Crippen molar-refractivity contribution in [3.05, 3.63) is 69.8 Å². The quantitative estimate of drug-likeness (QED) is 0.918. The lowest BCUT2D eigenvalue weighted by Crippen LogP contribution is -2.49. The summed E-state index contributed by atoms with van der Waals surface area (Å²) >= 11 is 0. The first-order chi connectivity index (χ1) is 12.0. The van der Waals surface area contributed by atoms with Crippen molar-refractivity contribution in [3.8, 4) is 0 Å². The number of likely N-dealkylation sites (tertiary alicyclic amines) is 1. The van der Waals surface area contributed by atoms with Crippen LogP contribution in [0.2, 0.25) is 0 Å². The topological polar surface area (TPSA) is 40.5 Å². The Morgan fingerprint density at radius 2 is 1.80 bits per heavy atom. The summed E-state index contributed by atoms with van der Waals surface area (Å²) in [4.78, 5) is 13.5. The van der Waals surface area contributed by atoms with Gasteiger partial charge in [-0.2, -0.15) is 0 Å². The van der Waals surface area contributed by atoms with E-state index in [9.17, 15) is 4.79 Å². The number of rotatable bonds is 3. The fraction of sp³-hybridized carbons (Fsp3) is 0.409. The van der Waals surface area contributed by atoms with Crippen molar-refractivity contribution in [2.45, 2.75) is 45.1 Å². The van der Waals surface area contributed by atoms with Gasteiger partial charge in [0.2, 0.25) is 0 Å². The molecular formula is C22H25NO2. The first-order valence-corrected chi connectivity index (χ1v) is 9.12. The number of aromatic carboxylic acids is 1. The highest BCUT2D eigenvalue weighted by Crippen LogP contribution is 2.49. The zero-order valence-corrected chi connectivity index (χ0v) is 15.0. The van der Waals surface area contributed by atoms with Crippen molar-refractivity contribution in [2.75, 3.05) is 13.1 Å². The van der Waals surface area contributed by atoms with Gasteiger partial charge in [0.15, 0.2) is 0 Å². The van der Waals surface area contributed by atoms with Gasteiger partial charge in [-0.1, -0.05) is 29.8 Å². The lowest BCUT2D eigenvalue weighted by Gasteiger charge is -2.50. The minimum atomic E-state index is -0.860. The van der Waals surface area contributed by atoms with E-state index < -0.39 is 5.97 Å². The molecule has 0 unspecified atom stereocenters. The first-order valence-electron chi connectivity index (χ1n) is 9.12. The Morgan fingerprint density at radius 3 is 2.44 bits per heavy atom. The largest absolute Gasteiger partial charge is 0.478 e. The van der Waals surface area contributed by atoms with Crippen LogP contribution in [0, 0.1) is 13.8 Å². The average molecular weight is 335 g/mol. The highest BCUT2D eigenvalue weighted by Gasteiger charge is 2.45. The van der Waals surface area contributed by atoms with E-state index >= 15 is 0 Å². The molecule has 0 radical (unpaired) electrons. The molecule has 1 heterocycles. The van der Waals surface area contributed by atoms with Gasteiger partial charge in [0.1, 0.15) is 0 Å². The monoisotopic (exact) mass is 335 g/mol. The molecule has 0 atom stereocenters. The normalized spacial score (nSPS) is 18.6. The molecule has 0 saturated carbocycles. The Morgan fingerprint density at radius 1 is 1.12 bits per heavy atom. The van der Waals surface area contributed by atoms with Crippen molar-refractivity contribution in [2.24, 2.45) is 0 Å². The van der Waals surface area contributed by atoms with Gasteiger partial charge in [-0.05, 0) is 80.6 Å². The second-order valence-corrected chi connectivity index (χ2v) is 7.84. The summed E-state index contributed by atoms with van der Waals surface area (Å²) in [6.07, 6.45) is 3.71. The average Bonchev–Trinajstić information content (AvgIpc) is 2.58. The molecule has 2 aromatic rings. The lowest BCUT2D eigenvalue weighted by atomic mass is 9.58. The third-order valence-electron chi connectivity index (χ3n) is 6.12. The minimum absolute atomic E-state index is 0.359. The molecule has 0 bridgehead atoms. The number of nitrogens with zero attached hydrogens (tertiary/aromatic N) is 1. The Kier molecular flexibility index (Phi) is 3.92. The van der Waals surface area contributed by atoms with E-state index in [1.165, 1.54) is 36.0 Å². The van der Waals surface area contributed by atoms with Crippen LogP contribution in [0.15, 0.2) is 36.4 Å². The van der Waals surface area contributed by atoms with Gasteiger partial charge in [-0.25, -0.2) is 4.79 Å². The van der Waals surface area contributed by atoms with Crippen molar-refractivity contribution in [1.82, 2.24) is 4.90 Å². The summed E-state index contributed by atoms with van der Waals surface area (Å²) in [7, 11) is 0. The number of hydrogen-bond donors (Lipinski definition) is 1. The molecule has 3 nitrogen and oxygen atoms in total. The van der Waals surface area contributed by atoms with Crippen molar-refractivity contribution in [1.29, 1.82) is 0 Å². The van der Waals surface area contributed by atoms with Crippen LogP contribution >= 0.6 is 0 Å². The number of hydrogen-bond acceptors (Lipinski definition) is 2. The Hall–Kier alpha value is -2.13. The fourth-order valence-corrected chi connectivity index (χ4v) is 4.63. The molecule has 1 N–H and O–H groups in total. The molecule has 3 heteroatoms. The van der Waals surface area contributed by atoms with Crippen molar-refractivity contribution in [3.63, 3.8) is 0 Å². The van der Waals surface area contributed by atoms with Gasteiger partial charge >= 0.3 is 5.97 Å². The number of piperidine rings is 1. The molecule has 1 spiro atoms. The zero-order chi connectivity index (χ0) is 17.6. The standard InChI is InChI=1S/C22H25NO2/c1-15-11-16(2)19-13-22(20(19)12-15)7-9-23(10-8-22)14-17-3-5-18(6-4-17)21(24)25/h3-6,11-12H,7-10,13-14H2,1-2H3,(H,24,25). The van der Waals surface area contributed by atoms with E-state index in [-0.39, 0.29) is 0 Å². The second-order valence-electron chi connectivity index (χ2n) is 7.84. The summed E-state index contributed by atoms with van der Waals surface area (Å²) in [6, 6.07) is 12.0. The van der Waals surface area contributed by atoms with Gasteiger partial charge < -0.3 is 5.11 Å². The predicted octanol–water partition coefficient (Wildman–Crippen LogP) is 4.09. The zero-order valence-electron chi connectivity index (χ0n) is 15.0. The Labute approximate surface area is 149 Å². The molecule has 25 heavy (non-hydrogen) atoms. The van der Waals surface area contributed by atoms with Gasteiger partial charge in [0.25, 0.3) is 0 Å². The molecule has 0 amide bonds. The van der Waals surface area contributed by atoms with E-state index in [1.54, 1.807) is 23.3 Å². The highest BCUT2D eigenvalue weighted by atomic mass is 16.4. The molecule has 1 aliphatic heterocycles. The molecule has 2 aliphatic rings. The molecule has 1 fully saturated rings. The summed E-state index contributed by atoms with van der Waals surface area (Å²) in [5, 5.41) is 9.00. The summed E-state index contributed by atoms with van der Waals surface area (Å²) in [5.74, 6) is -0.860. The van der Waals surface area contributed by atoms with Gasteiger partial charge in [0.05, 0.1) is 5.56 Å². The van der Waals surface area contributed by atoms with Crippen LogP contribution in [0.1, 0.15) is 51.0 Å². The highest BCUT2D eigenvalue weighted by molar-refractivity contribution is 5.87. The second kappa shape index (κ2) is 5.99. The number of carboxylic acid groups (broad SMARTS) is 1. The lowest BCUT2D eigenvalue weighted by molar-refractivity contribution is 0.0697. The summed E-state index contributed by atoms with van der Waals surface area (Å²) in [5.41, 5.74) is 8.01. The molecule has 0 aromatic heterocycles. The van der Waals surface area contributed by atoms with E-state index in [0.717, 1.165) is 19.6 Å².